The highest BCUT2D eigenvalue weighted by Crippen LogP contribution is 2.53. The molecule has 2 aliphatic carbocycles. The van der Waals surface area contributed by atoms with Crippen molar-refractivity contribution >= 4 is 17.6 Å². The molecular formula is C21H28N2O3. The zero-order valence-corrected chi connectivity index (χ0v) is 15.6. The maximum absolute atomic E-state index is 13.2. The minimum atomic E-state index is -0.776. The van der Waals surface area contributed by atoms with Gasteiger partial charge in [0.25, 0.3) is 0 Å². The van der Waals surface area contributed by atoms with Crippen LogP contribution in [0.2, 0.25) is 0 Å². The van der Waals surface area contributed by atoms with E-state index in [1.54, 1.807) is 0 Å². The van der Waals surface area contributed by atoms with Crippen LogP contribution in [0, 0.1) is 30.6 Å². The Labute approximate surface area is 155 Å². The molecule has 5 heteroatoms. The summed E-state index contributed by atoms with van der Waals surface area (Å²) in [7, 11) is 0. The molecule has 0 spiro atoms. The van der Waals surface area contributed by atoms with E-state index < -0.39 is 11.9 Å². The van der Waals surface area contributed by atoms with Crippen molar-refractivity contribution < 1.29 is 14.7 Å². The molecule has 1 aromatic rings. The van der Waals surface area contributed by atoms with Crippen molar-refractivity contribution in [2.45, 2.75) is 39.2 Å². The standard InChI is InChI=1S/C21H28N2O3/c1-13-3-7-17(8-4-13)23-10-9-22(12-14(23)2)20(24)18-15-5-6-16(11-15)19(18)21(25)26/h3-4,7-8,14-16,18-19H,5-6,9-12H2,1-2H3,(H,25,26)/t14-,15+,16+,18-,19-/m1/s1. The highest BCUT2D eigenvalue weighted by molar-refractivity contribution is 5.86. The molecule has 2 bridgehead atoms. The Morgan fingerprint density at radius 3 is 2.31 bits per heavy atom. The molecule has 1 aromatic carbocycles. The Kier molecular flexibility index (Phi) is 4.41. The number of aliphatic carboxylic acids is 1. The van der Waals surface area contributed by atoms with Gasteiger partial charge in [-0.25, -0.2) is 0 Å². The van der Waals surface area contributed by atoms with Gasteiger partial charge in [-0.15, -0.1) is 0 Å². The fraction of sp³-hybridized carbons (Fsp3) is 0.619. The highest BCUT2D eigenvalue weighted by Gasteiger charge is 2.55. The summed E-state index contributed by atoms with van der Waals surface area (Å²) in [5.41, 5.74) is 2.43. The first-order valence-corrected chi connectivity index (χ1v) is 9.80. The number of carbonyl (C=O) groups excluding carboxylic acids is 1. The molecule has 0 aromatic heterocycles. The molecule has 5 atom stereocenters. The summed E-state index contributed by atoms with van der Waals surface area (Å²) in [6, 6.07) is 8.75. The summed E-state index contributed by atoms with van der Waals surface area (Å²) in [4.78, 5) is 29.2. The minimum Gasteiger partial charge on any atom is -0.481 e. The first-order valence-electron chi connectivity index (χ1n) is 9.80. The summed E-state index contributed by atoms with van der Waals surface area (Å²) in [6.45, 7) is 6.38. The van der Waals surface area contributed by atoms with Gasteiger partial charge in [0.05, 0.1) is 11.8 Å². The van der Waals surface area contributed by atoms with Crippen molar-refractivity contribution in [2.24, 2.45) is 23.7 Å². The predicted molar refractivity (Wildman–Crippen MR) is 100 cm³/mol. The van der Waals surface area contributed by atoms with Crippen molar-refractivity contribution in [1.29, 1.82) is 0 Å². The third kappa shape index (κ3) is 2.87. The van der Waals surface area contributed by atoms with E-state index >= 15 is 0 Å². The van der Waals surface area contributed by atoms with E-state index in [1.165, 1.54) is 11.3 Å². The average molecular weight is 356 g/mol. The number of carboxylic acids is 1. The fourth-order valence-corrected chi connectivity index (χ4v) is 5.49. The number of hydrogen-bond acceptors (Lipinski definition) is 3. The second-order valence-electron chi connectivity index (χ2n) is 8.39. The van der Waals surface area contributed by atoms with Gasteiger partial charge in [-0.1, -0.05) is 17.7 Å². The van der Waals surface area contributed by atoms with E-state index in [2.05, 4.69) is 43.0 Å². The fourth-order valence-electron chi connectivity index (χ4n) is 5.49. The van der Waals surface area contributed by atoms with Crippen molar-refractivity contribution in [3.8, 4) is 0 Å². The molecule has 1 saturated heterocycles. The van der Waals surface area contributed by atoms with Crippen LogP contribution in [0.25, 0.3) is 0 Å². The number of aryl methyl sites for hydroxylation is 1. The van der Waals surface area contributed by atoms with Crippen molar-refractivity contribution in [3.05, 3.63) is 29.8 Å². The van der Waals surface area contributed by atoms with Crippen molar-refractivity contribution in [2.75, 3.05) is 24.5 Å². The molecule has 1 aliphatic heterocycles. The Morgan fingerprint density at radius 2 is 1.69 bits per heavy atom. The SMILES string of the molecule is Cc1ccc(N2CCN(C(=O)[C@@H]3[C@H]4CC[C@@H](C4)[C@H]3C(=O)O)C[C@H]2C)cc1. The Morgan fingerprint density at radius 1 is 1.04 bits per heavy atom. The van der Waals surface area contributed by atoms with Gasteiger partial charge in [0.15, 0.2) is 0 Å². The third-order valence-corrected chi connectivity index (χ3v) is 6.79. The highest BCUT2D eigenvalue weighted by atomic mass is 16.4. The van der Waals surface area contributed by atoms with Crippen LogP contribution in [-0.2, 0) is 9.59 Å². The Bertz CT molecular complexity index is 702. The zero-order chi connectivity index (χ0) is 18.4. The number of carbonyl (C=O) groups is 2. The van der Waals surface area contributed by atoms with E-state index in [0.29, 0.717) is 13.1 Å². The lowest BCUT2D eigenvalue weighted by atomic mass is 9.78. The maximum Gasteiger partial charge on any atom is 0.307 e. The van der Waals surface area contributed by atoms with Gasteiger partial charge in [-0.05, 0) is 57.1 Å². The Balaban J connectivity index is 1.46. The van der Waals surface area contributed by atoms with Crippen LogP contribution in [-0.4, -0.2) is 47.6 Å². The molecule has 26 heavy (non-hydrogen) atoms. The van der Waals surface area contributed by atoms with Crippen molar-refractivity contribution in [1.82, 2.24) is 4.90 Å². The van der Waals surface area contributed by atoms with Gasteiger partial charge in [-0.2, -0.15) is 0 Å². The van der Waals surface area contributed by atoms with Crippen LogP contribution in [0.15, 0.2) is 24.3 Å². The van der Waals surface area contributed by atoms with Gasteiger partial charge in [0.2, 0.25) is 5.91 Å². The molecule has 1 heterocycles. The van der Waals surface area contributed by atoms with E-state index in [9.17, 15) is 14.7 Å². The summed E-state index contributed by atoms with van der Waals surface area (Å²) in [5.74, 6) is -0.977. The molecule has 2 saturated carbocycles. The summed E-state index contributed by atoms with van der Waals surface area (Å²) in [5, 5.41) is 9.64. The first-order chi connectivity index (χ1) is 12.5. The second kappa shape index (κ2) is 6.60. The van der Waals surface area contributed by atoms with Gasteiger partial charge in [0, 0.05) is 31.4 Å². The second-order valence-corrected chi connectivity index (χ2v) is 8.39. The van der Waals surface area contributed by atoms with Crippen LogP contribution >= 0.6 is 0 Å². The summed E-state index contributed by atoms with van der Waals surface area (Å²) < 4.78 is 0. The minimum absolute atomic E-state index is 0.0833. The molecule has 1 N–H and O–H groups in total. The van der Waals surface area contributed by atoms with E-state index in [1.807, 2.05) is 4.90 Å². The molecule has 0 unspecified atom stereocenters. The lowest BCUT2D eigenvalue weighted by molar-refractivity contribution is -0.153. The first kappa shape index (κ1) is 17.4. The van der Waals surface area contributed by atoms with E-state index in [4.69, 9.17) is 0 Å². The average Bonchev–Trinajstić information content (AvgIpc) is 3.23. The van der Waals surface area contributed by atoms with Gasteiger partial charge in [0.1, 0.15) is 0 Å². The quantitative estimate of drug-likeness (QED) is 0.905. The number of benzene rings is 1. The third-order valence-electron chi connectivity index (χ3n) is 6.79. The topological polar surface area (TPSA) is 60.9 Å². The smallest absolute Gasteiger partial charge is 0.307 e. The van der Waals surface area contributed by atoms with E-state index in [-0.39, 0.29) is 29.7 Å². The number of piperazine rings is 1. The maximum atomic E-state index is 13.2. The number of anilines is 1. The molecule has 1 amide bonds. The van der Waals surface area contributed by atoms with Crippen LogP contribution in [0.4, 0.5) is 5.69 Å². The Hall–Kier alpha value is -2.04. The molecule has 3 fully saturated rings. The molecule has 140 valence electrons. The van der Waals surface area contributed by atoms with E-state index in [0.717, 1.165) is 25.8 Å². The van der Waals surface area contributed by atoms with Crippen molar-refractivity contribution in [3.63, 3.8) is 0 Å². The molecule has 0 radical (unpaired) electrons. The van der Waals surface area contributed by atoms with Crippen LogP contribution in [0.1, 0.15) is 31.7 Å². The monoisotopic (exact) mass is 356 g/mol. The molecule has 4 rings (SSSR count). The molecular weight excluding hydrogens is 328 g/mol. The zero-order valence-electron chi connectivity index (χ0n) is 15.6. The molecule has 5 nitrogen and oxygen atoms in total. The number of amides is 1. The number of fused-ring (bicyclic) bond motifs is 2. The largest absolute Gasteiger partial charge is 0.481 e. The number of hydrogen-bond donors (Lipinski definition) is 1. The van der Waals surface area contributed by atoms with Crippen LogP contribution in [0.3, 0.4) is 0 Å². The van der Waals surface area contributed by atoms with Crippen LogP contribution in [0.5, 0.6) is 0 Å². The van der Waals surface area contributed by atoms with Gasteiger partial charge in [-0.3, -0.25) is 9.59 Å². The summed E-state index contributed by atoms with van der Waals surface area (Å²) >= 11 is 0. The number of rotatable bonds is 3. The summed E-state index contributed by atoms with van der Waals surface area (Å²) in [6.07, 6.45) is 2.92. The normalized spacial score (nSPS) is 33.5. The van der Waals surface area contributed by atoms with Gasteiger partial charge < -0.3 is 14.9 Å². The van der Waals surface area contributed by atoms with Gasteiger partial charge >= 0.3 is 5.97 Å². The molecule has 3 aliphatic rings. The lowest BCUT2D eigenvalue weighted by Gasteiger charge is -2.43. The predicted octanol–water partition coefficient (Wildman–Crippen LogP) is 2.78. The van der Waals surface area contributed by atoms with Crippen LogP contribution < -0.4 is 4.90 Å². The lowest BCUT2D eigenvalue weighted by Crippen LogP contribution is -2.56. The number of nitrogens with zero attached hydrogens (tertiary/aromatic N) is 2. The number of carboxylic acid groups (broad SMARTS) is 1.